The Kier molecular flexibility index (Phi) is 3.54. The van der Waals surface area contributed by atoms with Crippen LogP contribution in [0.2, 0.25) is 0 Å². The van der Waals surface area contributed by atoms with Crippen LogP contribution in [0.1, 0.15) is 23.7 Å². The molecular formula is C13H15NO3. The average molecular weight is 233 g/mol. The Balaban J connectivity index is 1.94. The molecule has 1 fully saturated rings. The summed E-state index contributed by atoms with van der Waals surface area (Å²) in [5.74, 6) is -0.198. The Bertz CT molecular complexity index is 416. The van der Waals surface area contributed by atoms with Gasteiger partial charge < -0.3 is 4.84 Å². The van der Waals surface area contributed by atoms with E-state index in [2.05, 4.69) is 0 Å². The lowest BCUT2D eigenvalue weighted by Gasteiger charge is -2.28. The van der Waals surface area contributed by atoms with Crippen molar-refractivity contribution >= 4 is 11.8 Å². The van der Waals surface area contributed by atoms with Crippen LogP contribution in [0.25, 0.3) is 0 Å². The molecule has 1 unspecified atom stereocenters. The van der Waals surface area contributed by atoms with E-state index in [-0.39, 0.29) is 17.7 Å². The molecule has 0 aliphatic carbocycles. The standard InChI is InChI=1S/C13H15NO3/c1-10-9-14(8-7-12(10)15)17-13(16)11-5-3-2-4-6-11/h2-6,10H,7-9H2,1H3. The third-order valence-corrected chi connectivity index (χ3v) is 2.86. The predicted octanol–water partition coefficient (Wildman–Crippen LogP) is 1.67. The number of piperidine rings is 1. The smallest absolute Gasteiger partial charge is 0.357 e. The van der Waals surface area contributed by atoms with Gasteiger partial charge in [-0.1, -0.05) is 25.1 Å². The molecule has 17 heavy (non-hydrogen) atoms. The highest BCUT2D eigenvalue weighted by atomic mass is 16.7. The fourth-order valence-corrected chi connectivity index (χ4v) is 1.81. The molecule has 0 radical (unpaired) electrons. The normalized spacial score (nSPS) is 21.2. The Morgan fingerprint density at radius 1 is 1.35 bits per heavy atom. The second kappa shape index (κ2) is 5.10. The van der Waals surface area contributed by atoms with E-state index < -0.39 is 0 Å². The van der Waals surface area contributed by atoms with Crippen LogP contribution in [-0.2, 0) is 9.63 Å². The van der Waals surface area contributed by atoms with Crippen molar-refractivity contribution in [1.82, 2.24) is 5.06 Å². The molecule has 90 valence electrons. The third-order valence-electron chi connectivity index (χ3n) is 2.86. The van der Waals surface area contributed by atoms with E-state index >= 15 is 0 Å². The molecule has 1 aromatic carbocycles. The van der Waals surface area contributed by atoms with Gasteiger partial charge in [-0.25, -0.2) is 4.79 Å². The van der Waals surface area contributed by atoms with Crippen molar-refractivity contribution in [2.24, 2.45) is 5.92 Å². The van der Waals surface area contributed by atoms with Crippen molar-refractivity contribution in [1.29, 1.82) is 0 Å². The van der Waals surface area contributed by atoms with Crippen molar-refractivity contribution in [3.05, 3.63) is 35.9 Å². The van der Waals surface area contributed by atoms with Gasteiger partial charge in [0.15, 0.2) is 0 Å². The minimum atomic E-state index is -0.368. The van der Waals surface area contributed by atoms with Crippen LogP contribution in [-0.4, -0.2) is 29.9 Å². The van der Waals surface area contributed by atoms with Crippen LogP contribution < -0.4 is 0 Å². The summed E-state index contributed by atoms with van der Waals surface area (Å²) in [6.45, 7) is 2.82. The fraction of sp³-hybridized carbons (Fsp3) is 0.385. The molecule has 0 spiro atoms. The number of carbonyl (C=O) groups excluding carboxylic acids is 2. The third kappa shape index (κ3) is 2.91. The van der Waals surface area contributed by atoms with Gasteiger partial charge in [-0.3, -0.25) is 4.79 Å². The first-order valence-corrected chi connectivity index (χ1v) is 5.72. The first-order valence-electron chi connectivity index (χ1n) is 5.72. The van der Waals surface area contributed by atoms with Gasteiger partial charge in [0.2, 0.25) is 0 Å². The van der Waals surface area contributed by atoms with Gasteiger partial charge in [0, 0.05) is 25.4 Å². The Morgan fingerprint density at radius 3 is 2.71 bits per heavy atom. The molecular weight excluding hydrogens is 218 g/mol. The molecule has 0 saturated carbocycles. The Labute approximate surface area is 100 Å². The fourth-order valence-electron chi connectivity index (χ4n) is 1.81. The van der Waals surface area contributed by atoms with E-state index in [1.807, 2.05) is 13.0 Å². The lowest BCUT2D eigenvalue weighted by atomic mass is 10.0. The van der Waals surface area contributed by atoms with Crippen LogP contribution >= 0.6 is 0 Å². The number of hydroxylamine groups is 2. The lowest BCUT2D eigenvalue weighted by Crippen LogP contribution is -2.40. The number of Topliss-reactive ketones (excluding diaryl/α,β-unsaturated/α-hetero) is 1. The van der Waals surface area contributed by atoms with Crippen LogP contribution in [0.3, 0.4) is 0 Å². The van der Waals surface area contributed by atoms with Crippen LogP contribution in [0, 0.1) is 5.92 Å². The largest absolute Gasteiger partial charge is 0.364 e. The zero-order valence-electron chi connectivity index (χ0n) is 9.76. The Morgan fingerprint density at radius 2 is 2.06 bits per heavy atom. The first kappa shape index (κ1) is 11.8. The molecule has 0 aromatic heterocycles. The molecule has 4 nitrogen and oxygen atoms in total. The molecule has 0 bridgehead atoms. The summed E-state index contributed by atoms with van der Waals surface area (Å²) in [5.41, 5.74) is 0.525. The van der Waals surface area contributed by atoms with Crippen LogP contribution in [0.15, 0.2) is 30.3 Å². The maximum Gasteiger partial charge on any atom is 0.357 e. The number of carbonyl (C=O) groups is 2. The van der Waals surface area contributed by atoms with E-state index in [1.165, 1.54) is 0 Å². The number of hydrogen-bond donors (Lipinski definition) is 0. The second-order valence-electron chi connectivity index (χ2n) is 4.25. The minimum Gasteiger partial charge on any atom is -0.364 e. The molecule has 0 amide bonds. The summed E-state index contributed by atoms with van der Waals surface area (Å²) >= 11 is 0. The minimum absolute atomic E-state index is 0.0627. The molecule has 1 aromatic rings. The number of nitrogens with zero attached hydrogens (tertiary/aromatic N) is 1. The van der Waals surface area contributed by atoms with Crippen molar-refractivity contribution in [3.63, 3.8) is 0 Å². The second-order valence-corrected chi connectivity index (χ2v) is 4.25. The summed E-state index contributed by atoms with van der Waals surface area (Å²) in [7, 11) is 0. The van der Waals surface area contributed by atoms with E-state index in [1.54, 1.807) is 29.3 Å². The monoisotopic (exact) mass is 233 g/mol. The Hall–Kier alpha value is -1.68. The summed E-state index contributed by atoms with van der Waals surface area (Å²) in [4.78, 5) is 28.3. The zero-order valence-corrected chi connectivity index (χ0v) is 9.76. The number of ketones is 1. The highest BCUT2D eigenvalue weighted by Gasteiger charge is 2.26. The molecule has 1 heterocycles. The SMILES string of the molecule is CC1CN(OC(=O)c2ccccc2)CCC1=O. The molecule has 4 heteroatoms. The number of rotatable bonds is 2. The first-order chi connectivity index (χ1) is 8.16. The molecule has 1 saturated heterocycles. The van der Waals surface area contributed by atoms with E-state index in [0.29, 0.717) is 25.1 Å². The zero-order chi connectivity index (χ0) is 12.3. The quantitative estimate of drug-likeness (QED) is 0.779. The molecule has 1 aliphatic rings. The summed E-state index contributed by atoms with van der Waals surface area (Å²) in [6, 6.07) is 8.85. The highest BCUT2D eigenvalue weighted by Crippen LogP contribution is 2.13. The maximum atomic E-state index is 11.8. The van der Waals surface area contributed by atoms with E-state index in [9.17, 15) is 9.59 Å². The van der Waals surface area contributed by atoms with Gasteiger partial charge in [-0.15, -0.1) is 5.06 Å². The average Bonchev–Trinajstić information content (AvgIpc) is 2.35. The maximum absolute atomic E-state index is 11.8. The molecule has 1 atom stereocenters. The van der Waals surface area contributed by atoms with Crippen molar-refractivity contribution < 1.29 is 14.4 Å². The molecule has 2 rings (SSSR count). The van der Waals surface area contributed by atoms with E-state index in [0.717, 1.165) is 0 Å². The van der Waals surface area contributed by atoms with Gasteiger partial charge in [-0.05, 0) is 12.1 Å². The van der Waals surface area contributed by atoms with Crippen molar-refractivity contribution in [2.75, 3.05) is 13.1 Å². The van der Waals surface area contributed by atoms with Gasteiger partial charge in [-0.2, -0.15) is 0 Å². The predicted molar refractivity (Wildman–Crippen MR) is 62.2 cm³/mol. The van der Waals surface area contributed by atoms with Gasteiger partial charge in [0.1, 0.15) is 5.78 Å². The lowest BCUT2D eigenvalue weighted by molar-refractivity contribution is -0.150. The number of hydrogen-bond acceptors (Lipinski definition) is 4. The highest BCUT2D eigenvalue weighted by molar-refractivity contribution is 5.89. The summed E-state index contributed by atoms with van der Waals surface area (Å²) in [6.07, 6.45) is 0.448. The van der Waals surface area contributed by atoms with Crippen LogP contribution in [0.4, 0.5) is 0 Å². The topological polar surface area (TPSA) is 46.6 Å². The van der Waals surface area contributed by atoms with Gasteiger partial charge >= 0.3 is 5.97 Å². The number of benzene rings is 1. The van der Waals surface area contributed by atoms with E-state index in [4.69, 9.17) is 4.84 Å². The van der Waals surface area contributed by atoms with Crippen LogP contribution in [0.5, 0.6) is 0 Å². The van der Waals surface area contributed by atoms with Crippen molar-refractivity contribution in [3.8, 4) is 0 Å². The van der Waals surface area contributed by atoms with Gasteiger partial charge in [0.05, 0.1) is 5.56 Å². The van der Waals surface area contributed by atoms with Gasteiger partial charge in [0.25, 0.3) is 0 Å². The summed E-state index contributed by atoms with van der Waals surface area (Å²) < 4.78 is 0. The molecule has 1 aliphatic heterocycles. The summed E-state index contributed by atoms with van der Waals surface area (Å²) in [5, 5.41) is 1.57. The molecule has 0 N–H and O–H groups in total. The van der Waals surface area contributed by atoms with Crippen molar-refractivity contribution in [2.45, 2.75) is 13.3 Å².